The van der Waals surface area contributed by atoms with E-state index in [1.54, 1.807) is 0 Å². The number of aromatic nitrogens is 2. The molecule has 5 nitrogen and oxygen atoms in total. The van der Waals surface area contributed by atoms with Gasteiger partial charge in [0.1, 0.15) is 0 Å². The van der Waals surface area contributed by atoms with Gasteiger partial charge in [0.2, 0.25) is 0 Å². The summed E-state index contributed by atoms with van der Waals surface area (Å²) >= 11 is 0. The van der Waals surface area contributed by atoms with Gasteiger partial charge >= 0.3 is 5.97 Å². The van der Waals surface area contributed by atoms with Crippen molar-refractivity contribution < 1.29 is 9.90 Å². The standard InChI is InChI=1S/C9H15N3O2/c1-7(2)12-4-3-8(11-12)5-10-6-9(13)14/h3-4,7,10H,5-6H2,1-2H3,(H,13,14). The maximum atomic E-state index is 10.2. The Morgan fingerprint density at radius 1 is 1.71 bits per heavy atom. The van der Waals surface area contributed by atoms with E-state index in [0.717, 1.165) is 5.69 Å². The molecule has 2 N–H and O–H groups in total. The van der Waals surface area contributed by atoms with Gasteiger partial charge in [-0.15, -0.1) is 0 Å². The van der Waals surface area contributed by atoms with Crippen molar-refractivity contribution in [2.75, 3.05) is 6.54 Å². The van der Waals surface area contributed by atoms with Crippen molar-refractivity contribution in [1.29, 1.82) is 0 Å². The van der Waals surface area contributed by atoms with E-state index < -0.39 is 5.97 Å². The number of carboxylic acid groups (broad SMARTS) is 1. The molecule has 0 aliphatic carbocycles. The topological polar surface area (TPSA) is 67.2 Å². The second-order valence-electron chi connectivity index (χ2n) is 3.38. The minimum absolute atomic E-state index is 0.0332. The summed E-state index contributed by atoms with van der Waals surface area (Å²) in [6.07, 6.45) is 1.89. The monoisotopic (exact) mass is 197 g/mol. The molecule has 0 aromatic carbocycles. The Morgan fingerprint density at radius 2 is 2.43 bits per heavy atom. The quantitative estimate of drug-likeness (QED) is 0.726. The maximum absolute atomic E-state index is 10.2. The molecule has 1 rings (SSSR count). The van der Waals surface area contributed by atoms with Gasteiger partial charge in [0, 0.05) is 18.8 Å². The Labute approximate surface area is 82.7 Å². The molecule has 0 bridgehead atoms. The fraction of sp³-hybridized carbons (Fsp3) is 0.556. The molecule has 0 atom stereocenters. The Hall–Kier alpha value is -1.36. The summed E-state index contributed by atoms with van der Waals surface area (Å²) in [7, 11) is 0. The summed E-state index contributed by atoms with van der Waals surface area (Å²) in [5.41, 5.74) is 0.861. The number of hydrogen-bond acceptors (Lipinski definition) is 3. The van der Waals surface area contributed by atoms with Crippen molar-refractivity contribution in [3.63, 3.8) is 0 Å². The molecule has 0 unspecified atom stereocenters. The van der Waals surface area contributed by atoms with E-state index in [-0.39, 0.29) is 6.54 Å². The summed E-state index contributed by atoms with van der Waals surface area (Å²) in [4.78, 5) is 10.2. The lowest BCUT2D eigenvalue weighted by Crippen LogP contribution is -2.22. The van der Waals surface area contributed by atoms with Crippen molar-refractivity contribution in [3.8, 4) is 0 Å². The molecular weight excluding hydrogens is 182 g/mol. The number of nitrogens with zero attached hydrogens (tertiary/aromatic N) is 2. The van der Waals surface area contributed by atoms with Gasteiger partial charge in [-0.3, -0.25) is 9.48 Å². The predicted octanol–water partition coefficient (Wildman–Crippen LogP) is 0.638. The van der Waals surface area contributed by atoms with Crippen LogP contribution in [0, 0.1) is 0 Å². The number of nitrogens with one attached hydrogen (secondary N) is 1. The zero-order chi connectivity index (χ0) is 10.6. The lowest BCUT2D eigenvalue weighted by Gasteiger charge is -2.03. The van der Waals surface area contributed by atoms with E-state index in [1.165, 1.54) is 0 Å². The average Bonchev–Trinajstić information content (AvgIpc) is 2.52. The van der Waals surface area contributed by atoms with Crippen molar-refractivity contribution in [3.05, 3.63) is 18.0 Å². The van der Waals surface area contributed by atoms with Gasteiger partial charge < -0.3 is 10.4 Å². The van der Waals surface area contributed by atoms with E-state index >= 15 is 0 Å². The minimum atomic E-state index is -0.853. The third-order valence-corrected chi connectivity index (χ3v) is 1.77. The number of carboxylic acids is 1. The van der Waals surface area contributed by atoms with Crippen LogP contribution in [-0.4, -0.2) is 27.4 Å². The Bertz CT molecular complexity index is 307. The minimum Gasteiger partial charge on any atom is -0.480 e. The molecule has 14 heavy (non-hydrogen) atoms. The smallest absolute Gasteiger partial charge is 0.317 e. The first-order chi connectivity index (χ1) is 6.59. The fourth-order valence-corrected chi connectivity index (χ4v) is 1.06. The molecule has 0 spiro atoms. The summed E-state index contributed by atoms with van der Waals surface area (Å²) in [6.45, 7) is 4.55. The molecule has 0 amide bonds. The van der Waals surface area contributed by atoms with Crippen LogP contribution in [0.25, 0.3) is 0 Å². The maximum Gasteiger partial charge on any atom is 0.317 e. The Balaban J connectivity index is 2.40. The van der Waals surface area contributed by atoms with Gasteiger partial charge in [0.05, 0.1) is 12.2 Å². The van der Waals surface area contributed by atoms with Crippen molar-refractivity contribution in [1.82, 2.24) is 15.1 Å². The summed E-state index contributed by atoms with van der Waals surface area (Å²) in [6, 6.07) is 2.22. The summed E-state index contributed by atoms with van der Waals surface area (Å²) in [5, 5.41) is 15.4. The van der Waals surface area contributed by atoms with E-state index in [4.69, 9.17) is 5.11 Å². The fourth-order valence-electron chi connectivity index (χ4n) is 1.06. The third kappa shape index (κ3) is 3.18. The Kier molecular flexibility index (Phi) is 3.64. The van der Waals surface area contributed by atoms with Crippen molar-refractivity contribution in [2.45, 2.75) is 26.4 Å². The Morgan fingerprint density at radius 3 is 2.93 bits per heavy atom. The van der Waals surface area contributed by atoms with Crippen LogP contribution >= 0.6 is 0 Å². The lowest BCUT2D eigenvalue weighted by molar-refractivity contribution is -0.135. The van der Waals surface area contributed by atoms with Crippen LogP contribution in [0.2, 0.25) is 0 Å². The van der Waals surface area contributed by atoms with Crippen LogP contribution in [0.5, 0.6) is 0 Å². The first-order valence-corrected chi connectivity index (χ1v) is 4.56. The molecule has 0 aliphatic heterocycles. The molecule has 0 fully saturated rings. The first-order valence-electron chi connectivity index (χ1n) is 4.56. The van der Waals surface area contributed by atoms with Crippen LogP contribution in [0.1, 0.15) is 25.6 Å². The highest BCUT2D eigenvalue weighted by atomic mass is 16.4. The van der Waals surface area contributed by atoms with Crippen LogP contribution in [0.15, 0.2) is 12.3 Å². The molecule has 1 aromatic rings. The second kappa shape index (κ2) is 4.76. The lowest BCUT2D eigenvalue weighted by atomic mass is 10.4. The molecular formula is C9H15N3O2. The first kappa shape index (κ1) is 10.7. The normalized spacial score (nSPS) is 10.8. The van der Waals surface area contributed by atoms with Crippen LogP contribution in [0.3, 0.4) is 0 Å². The van der Waals surface area contributed by atoms with Gasteiger partial charge in [-0.25, -0.2) is 0 Å². The molecule has 1 heterocycles. The highest BCUT2D eigenvalue weighted by molar-refractivity contribution is 5.68. The highest BCUT2D eigenvalue weighted by Gasteiger charge is 2.02. The van der Waals surface area contributed by atoms with Crippen molar-refractivity contribution >= 4 is 5.97 Å². The SMILES string of the molecule is CC(C)n1ccc(CNCC(=O)O)n1. The number of carbonyl (C=O) groups is 1. The van der Waals surface area contributed by atoms with Gasteiger partial charge in [-0.05, 0) is 19.9 Å². The van der Waals surface area contributed by atoms with E-state index in [1.807, 2.05) is 30.8 Å². The zero-order valence-electron chi connectivity index (χ0n) is 8.40. The van der Waals surface area contributed by atoms with Crippen LogP contribution in [-0.2, 0) is 11.3 Å². The van der Waals surface area contributed by atoms with E-state index in [0.29, 0.717) is 12.6 Å². The average molecular weight is 197 g/mol. The number of hydrogen-bond donors (Lipinski definition) is 2. The highest BCUT2D eigenvalue weighted by Crippen LogP contribution is 2.03. The molecule has 0 radical (unpaired) electrons. The molecule has 0 saturated carbocycles. The van der Waals surface area contributed by atoms with E-state index in [9.17, 15) is 4.79 Å². The van der Waals surface area contributed by atoms with Crippen molar-refractivity contribution in [2.24, 2.45) is 0 Å². The second-order valence-corrected chi connectivity index (χ2v) is 3.38. The van der Waals surface area contributed by atoms with Gasteiger partial charge in [-0.1, -0.05) is 0 Å². The number of rotatable bonds is 5. The molecule has 5 heteroatoms. The largest absolute Gasteiger partial charge is 0.480 e. The van der Waals surface area contributed by atoms with E-state index in [2.05, 4.69) is 10.4 Å². The van der Waals surface area contributed by atoms with Gasteiger partial charge in [0.25, 0.3) is 0 Å². The third-order valence-electron chi connectivity index (χ3n) is 1.77. The molecule has 1 aromatic heterocycles. The van der Waals surface area contributed by atoms with Gasteiger partial charge in [-0.2, -0.15) is 5.10 Å². The molecule has 0 saturated heterocycles. The number of aliphatic carboxylic acids is 1. The van der Waals surface area contributed by atoms with Crippen LogP contribution in [0.4, 0.5) is 0 Å². The zero-order valence-corrected chi connectivity index (χ0v) is 8.40. The molecule has 78 valence electrons. The summed E-state index contributed by atoms with van der Waals surface area (Å²) < 4.78 is 1.85. The van der Waals surface area contributed by atoms with Crippen LogP contribution < -0.4 is 5.32 Å². The summed E-state index contributed by atoms with van der Waals surface area (Å²) in [5.74, 6) is -0.853. The van der Waals surface area contributed by atoms with Gasteiger partial charge in [0.15, 0.2) is 0 Å². The predicted molar refractivity (Wildman–Crippen MR) is 52.0 cm³/mol. The molecule has 0 aliphatic rings.